The van der Waals surface area contributed by atoms with Gasteiger partial charge in [0.2, 0.25) is 0 Å². The van der Waals surface area contributed by atoms with Gasteiger partial charge in [0.15, 0.2) is 5.96 Å². The summed E-state index contributed by atoms with van der Waals surface area (Å²) in [6.45, 7) is 1.57. The summed E-state index contributed by atoms with van der Waals surface area (Å²) < 4.78 is 6.38. The second-order valence-electron chi connectivity index (χ2n) is 3.80. The summed E-state index contributed by atoms with van der Waals surface area (Å²) in [5.41, 5.74) is 1.09. The highest BCUT2D eigenvalue weighted by Gasteiger charge is 2.04. The van der Waals surface area contributed by atoms with Gasteiger partial charge in [-0.15, -0.1) is 24.0 Å². The fourth-order valence-electron chi connectivity index (χ4n) is 1.56. The average Bonchev–Trinajstić information content (AvgIpc) is 2.43. The van der Waals surface area contributed by atoms with Gasteiger partial charge in [-0.1, -0.05) is 15.9 Å². The number of nitrogens with zero attached hydrogens (tertiary/aromatic N) is 1. The largest absolute Gasteiger partial charge is 0.496 e. The first kappa shape index (κ1) is 19.9. The molecule has 0 aromatic heterocycles. The van der Waals surface area contributed by atoms with Crippen LogP contribution < -0.4 is 15.4 Å². The topological polar surface area (TPSA) is 45.7 Å². The van der Waals surface area contributed by atoms with Gasteiger partial charge in [0.25, 0.3) is 0 Å². The molecule has 0 amide bonds. The van der Waals surface area contributed by atoms with Crippen LogP contribution in [0.3, 0.4) is 0 Å². The molecule has 2 N–H and O–H groups in total. The third-order valence-electron chi connectivity index (χ3n) is 2.51. The second kappa shape index (κ2) is 11.5. The minimum Gasteiger partial charge on any atom is -0.496 e. The summed E-state index contributed by atoms with van der Waals surface area (Å²) in [5.74, 6) is 2.73. The molecule has 1 rings (SSSR count). The van der Waals surface area contributed by atoms with Gasteiger partial charge in [-0.3, -0.25) is 4.99 Å². The van der Waals surface area contributed by atoms with Crippen molar-refractivity contribution in [3.05, 3.63) is 28.2 Å². The molecule has 0 saturated heterocycles. The summed E-state index contributed by atoms with van der Waals surface area (Å²) in [4.78, 5) is 4.19. The van der Waals surface area contributed by atoms with Crippen LogP contribution in [0.2, 0.25) is 0 Å². The van der Waals surface area contributed by atoms with E-state index in [1.807, 2.05) is 18.2 Å². The average molecular weight is 474 g/mol. The first-order chi connectivity index (χ1) is 9.21. The van der Waals surface area contributed by atoms with E-state index in [0.29, 0.717) is 6.54 Å². The Morgan fingerprint density at radius 2 is 2.15 bits per heavy atom. The quantitative estimate of drug-likeness (QED) is 0.288. The van der Waals surface area contributed by atoms with Crippen molar-refractivity contribution >= 4 is 57.6 Å². The number of rotatable bonds is 6. The highest BCUT2D eigenvalue weighted by Crippen LogP contribution is 2.22. The third kappa shape index (κ3) is 7.03. The van der Waals surface area contributed by atoms with Crippen molar-refractivity contribution in [2.45, 2.75) is 6.54 Å². The van der Waals surface area contributed by atoms with E-state index in [9.17, 15) is 0 Å². The van der Waals surface area contributed by atoms with Gasteiger partial charge in [0, 0.05) is 35.9 Å². The Bertz CT molecular complexity index is 432. The van der Waals surface area contributed by atoms with Crippen LogP contribution in [0.4, 0.5) is 0 Å². The zero-order valence-corrected chi connectivity index (χ0v) is 16.6. The number of guanidine groups is 1. The zero-order valence-electron chi connectivity index (χ0n) is 11.9. The van der Waals surface area contributed by atoms with Crippen LogP contribution >= 0.6 is 51.7 Å². The van der Waals surface area contributed by atoms with E-state index in [2.05, 4.69) is 37.8 Å². The molecule has 114 valence electrons. The van der Waals surface area contributed by atoms with Crippen molar-refractivity contribution in [3.8, 4) is 5.75 Å². The van der Waals surface area contributed by atoms with Crippen molar-refractivity contribution in [2.75, 3.05) is 32.7 Å². The molecule has 4 nitrogen and oxygen atoms in total. The summed E-state index contributed by atoms with van der Waals surface area (Å²) in [6, 6.07) is 5.96. The number of methoxy groups -OCH3 is 1. The van der Waals surface area contributed by atoms with Crippen LogP contribution in [0.1, 0.15) is 5.56 Å². The summed E-state index contributed by atoms with van der Waals surface area (Å²) in [7, 11) is 3.45. The van der Waals surface area contributed by atoms with Crippen LogP contribution in [0.15, 0.2) is 27.7 Å². The number of nitrogens with one attached hydrogen (secondary N) is 2. The second-order valence-corrected chi connectivity index (χ2v) is 5.70. The molecule has 20 heavy (non-hydrogen) atoms. The molecular formula is C13H21BrIN3OS. The lowest BCUT2D eigenvalue weighted by Crippen LogP contribution is -2.38. The monoisotopic (exact) mass is 473 g/mol. The highest BCUT2D eigenvalue weighted by atomic mass is 127. The molecule has 0 atom stereocenters. The summed E-state index contributed by atoms with van der Waals surface area (Å²) in [5, 5.41) is 6.53. The van der Waals surface area contributed by atoms with E-state index in [1.54, 1.807) is 25.9 Å². The molecular weight excluding hydrogens is 453 g/mol. The highest BCUT2D eigenvalue weighted by molar-refractivity contribution is 14.0. The number of halogens is 2. The van der Waals surface area contributed by atoms with Gasteiger partial charge in [0.1, 0.15) is 5.75 Å². The number of aliphatic imine (C=N–C) groups is 1. The van der Waals surface area contributed by atoms with Gasteiger partial charge in [0.05, 0.1) is 7.11 Å². The van der Waals surface area contributed by atoms with E-state index in [4.69, 9.17) is 4.74 Å². The predicted molar refractivity (Wildman–Crippen MR) is 103 cm³/mol. The maximum absolute atomic E-state index is 5.34. The van der Waals surface area contributed by atoms with Crippen LogP contribution in [-0.2, 0) is 6.54 Å². The van der Waals surface area contributed by atoms with Gasteiger partial charge < -0.3 is 15.4 Å². The lowest BCUT2D eigenvalue weighted by molar-refractivity contribution is 0.409. The molecule has 0 aliphatic heterocycles. The Hall–Kier alpha value is -0.150. The maximum atomic E-state index is 5.34. The van der Waals surface area contributed by atoms with Crippen LogP contribution in [0.5, 0.6) is 5.75 Å². The summed E-state index contributed by atoms with van der Waals surface area (Å²) >= 11 is 5.27. The van der Waals surface area contributed by atoms with E-state index in [0.717, 1.165) is 34.0 Å². The molecule has 0 heterocycles. The molecule has 0 saturated carbocycles. The van der Waals surface area contributed by atoms with E-state index >= 15 is 0 Å². The van der Waals surface area contributed by atoms with E-state index in [-0.39, 0.29) is 24.0 Å². The van der Waals surface area contributed by atoms with E-state index < -0.39 is 0 Å². The fourth-order valence-corrected chi connectivity index (χ4v) is 2.27. The molecule has 7 heteroatoms. The molecule has 1 aromatic rings. The zero-order chi connectivity index (χ0) is 14.1. The van der Waals surface area contributed by atoms with Gasteiger partial charge in [-0.2, -0.15) is 11.8 Å². The number of hydrogen-bond donors (Lipinski definition) is 2. The first-order valence-corrected chi connectivity index (χ1v) is 8.15. The van der Waals surface area contributed by atoms with Crippen molar-refractivity contribution < 1.29 is 4.74 Å². The molecule has 0 bridgehead atoms. The van der Waals surface area contributed by atoms with Crippen molar-refractivity contribution in [1.82, 2.24) is 10.6 Å². The standard InChI is InChI=1S/C13H20BrN3OS.HI/c1-15-13(16-6-7-19-3)17-9-10-8-11(14)4-5-12(10)18-2;/h4-5,8H,6-7,9H2,1-3H3,(H2,15,16,17);1H. The minimum absolute atomic E-state index is 0. The molecule has 0 aliphatic carbocycles. The normalized spacial score (nSPS) is 10.7. The van der Waals surface area contributed by atoms with Gasteiger partial charge in [-0.25, -0.2) is 0 Å². The number of hydrogen-bond acceptors (Lipinski definition) is 3. The minimum atomic E-state index is 0. The molecule has 0 aliphatic rings. The number of benzene rings is 1. The lowest BCUT2D eigenvalue weighted by Gasteiger charge is -2.13. The van der Waals surface area contributed by atoms with Crippen molar-refractivity contribution in [3.63, 3.8) is 0 Å². The predicted octanol–water partition coefficient (Wildman–Crippen LogP) is 3.10. The molecule has 1 aromatic carbocycles. The number of ether oxygens (including phenoxy) is 1. The third-order valence-corrected chi connectivity index (χ3v) is 3.62. The Morgan fingerprint density at radius 1 is 1.40 bits per heavy atom. The Kier molecular flexibility index (Phi) is 11.4. The summed E-state index contributed by atoms with van der Waals surface area (Å²) in [6.07, 6.45) is 2.09. The van der Waals surface area contributed by atoms with Crippen LogP contribution in [-0.4, -0.2) is 38.7 Å². The maximum Gasteiger partial charge on any atom is 0.191 e. The Labute approximate surface area is 150 Å². The Morgan fingerprint density at radius 3 is 2.75 bits per heavy atom. The van der Waals surface area contributed by atoms with Crippen molar-refractivity contribution in [2.24, 2.45) is 4.99 Å². The van der Waals surface area contributed by atoms with Gasteiger partial charge >= 0.3 is 0 Å². The smallest absolute Gasteiger partial charge is 0.191 e. The van der Waals surface area contributed by atoms with Crippen LogP contribution in [0, 0.1) is 0 Å². The SMILES string of the molecule is CN=C(NCCSC)NCc1cc(Br)ccc1OC.I. The lowest BCUT2D eigenvalue weighted by atomic mass is 10.2. The van der Waals surface area contributed by atoms with Crippen LogP contribution in [0.25, 0.3) is 0 Å². The van der Waals surface area contributed by atoms with E-state index in [1.165, 1.54) is 0 Å². The fraction of sp³-hybridized carbons (Fsp3) is 0.462. The molecule has 0 radical (unpaired) electrons. The first-order valence-electron chi connectivity index (χ1n) is 5.97. The molecule has 0 unspecified atom stereocenters. The van der Waals surface area contributed by atoms with Gasteiger partial charge in [-0.05, 0) is 24.5 Å². The van der Waals surface area contributed by atoms with Crippen molar-refractivity contribution in [1.29, 1.82) is 0 Å². The molecule has 0 fully saturated rings. The number of thioether (sulfide) groups is 1. The molecule has 0 spiro atoms. The Balaban J connectivity index is 0.00000361.